The number of benzene rings is 3. The summed E-state index contributed by atoms with van der Waals surface area (Å²) in [5.41, 5.74) is 1.51. The van der Waals surface area contributed by atoms with E-state index in [2.05, 4.69) is 34.0 Å². The SMILES string of the molecule is C=CC(=O)N1CCN(C(=O)Oc2cc3c(Nc4ccc5ccccc5c4)ncnc3cc2OC)[C@H](C)C1. The van der Waals surface area contributed by atoms with Gasteiger partial charge in [0.1, 0.15) is 12.1 Å². The Morgan fingerprint density at radius 3 is 2.62 bits per heavy atom. The minimum Gasteiger partial charge on any atom is -0.493 e. The molecular weight excluding hydrogens is 470 g/mol. The third kappa shape index (κ3) is 4.88. The number of methoxy groups -OCH3 is 1. The number of nitrogens with zero attached hydrogens (tertiary/aromatic N) is 4. The first-order valence-electron chi connectivity index (χ1n) is 11.9. The van der Waals surface area contributed by atoms with Gasteiger partial charge in [0.25, 0.3) is 0 Å². The van der Waals surface area contributed by atoms with E-state index in [-0.39, 0.29) is 17.7 Å². The number of rotatable bonds is 5. The lowest BCUT2D eigenvalue weighted by atomic mass is 10.1. The van der Waals surface area contributed by atoms with Crippen LogP contribution >= 0.6 is 0 Å². The molecule has 0 unspecified atom stereocenters. The van der Waals surface area contributed by atoms with Gasteiger partial charge in [-0.1, -0.05) is 36.9 Å². The number of piperazine rings is 1. The van der Waals surface area contributed by atoms with Crippen LogP contribution in [0.1, 0.15) is 6.92 Å². The van der Waals surface area contributed by atoms with E-state index < -0.39 is 6.09 Å². The van der Waals surface area contributed by atoms with Crippen molar-refractivity contribution in [3.8, 4) is 11.5 Å². The first-order valence-corrected chi connectivity index (χ1v) is 11.9. The highest BCUT2D eigenvalue weighted by Gasteiger charge is 2.30. The van der Waals surface area contributed by atoms with E-state index in [0.717, 1.165) is 16.5 Å². The number of amides is 2. The molecule has 1 saturated heterocycles. The predicted octanol–water partition coefficient (Wildman–Crippen LogP) is 4.75. The van der Waals surface area contributed by atoms with Gasteiger partial charge < -0.3 is 24.6 Å². The second-order valence-electron chi connectivity index (χ2n) is 8.83. The van der Waals surface area contributed by atoms with Gasteiger partial charge in [0.05, 0.1) is 12.6 Å². The van der Waals surface area contributed by atoms with E-state index in [9.17, 15) is 9.59 Å². The second kappa shape index (κ2) is 10.1. The van der Waals surface area contributed by atoms with E-state index in [0.29, 0.717) is 42.1 Å². The fraction of sp³-hybridized carbons (Fsp3) is 0.214. The third-order valence-corrected chi connectivity index (χ3v) is 6.48. The minimum absolute atomic E-state index is 0.150. The lowest BCUT2D eigenvalue weighted by molar-refractivity contribution is -0.128. The minimum atomic E-state index is -0.517. The first kappa shape index (κ1) is 24.1. The maximum absolute atomic E-state index is 13.1. The van der Waals surface area contributed by atoms with Crippen molar-refractivity contribution in [2.45, 2.75) is 13.0 Å². The zero-order valence-corrected chi connectivity index (χ0v) is 20.7. The van der Waals surface area contributed by atoms with Crippen LogP contribution in [0.4, 0.5) is 16.3 Å². The van der Waals surface area contributed by atoms with Crippen molar-refractivity contribution in [3.05, 3.63) is 73.6 Å². The predicted molar refractivity (Wildman–Crippen MR) is 142 cm³/mol. The Morgan fingerprint density at radius 2 is 1.86 bits per heavy atom. The van der Waals surface area contributed by atoms with Gasteiger partial charge in [0.15, 0.2) is 11.5 Å². The van der Waals surface area contributed by atoms with Crippen molar-refractivity contribution in [1.82, 2.24) is 19.8 Å². The summed E-state index contributed by atoms with van der Waals surface area (Å²) in [7, 11) is 1.51. The molecule has 1 N–H and O–H groups in total. The van der Waals surface area contributed by atoms with Crippen LogP contribution in [-0.4, -0.2) is 64.6 Å². The molecule has 1 aliphatic rings. The molecule has 1 aliphatic heterocycles. The molecule has 1 fully saturated rings. The largest absolute Gasteiger partial charge is 0.493 e. The van der Waals surface area contributed by atoms with Crippen LogP contribution < -0.4 is 14.8 Å². The van der Waals surface area contributed by atoms with Crippen LogP contribution in [0.25, 0.3) is 21.7 Å². The Bertz CT molecular complexity index is 1500. The molecular formula is C28H27N5O4. The maximum Gasteiger partial charge on any atom is 0.415 e. The molecule has 0 saturated carbocycles. The van der Waals surface area contributed by atoms with Crippen molar-refractivity contribution in [3.63, 3.8) is 0 Å². The van der Waals surface area contributed by atoms with Crippen LogP contribution in [0.15, 0.2) is 73.6 Å². The molecule has 2 heterocycles. The Morgan fingerprint density at radius 1 is 1.05 bits per heavy atom. The Balaban J connectivity index is 1.41. The number of hydrogen-bond donors (Lipinski definition) is 1. The maximum atomic E-state index is 13.1. The number of nitrogens with one attached hydrogen (secondary N) is 1. The summed E-state index contributed by atoms with van der Waals surface area (Å²) in [6.45, 7) is 6.58. The van der Waals surface area contributed by atoms with Gasteiger partial charge in [0.2, 0.25) is 5.91 Å². The van der Waals surface area contributed by atoms with Crippen LogP contribution in [0.2, 0.25) is 0 Å². The smallest absolute Gasteiger partial charge is 0.415 e. The topological polar surface area (TPSA) is 96.9 Å². The van der Waals surface area contributed by atoms with Gasteiger partial charge in [-0.25, -0.2) is 14.8 Å². The second-order valence-corrected chi connectivity index (χ2v) is 8.83. The average molecular weight is 498 g/mol. The van der Waals surface area contributed by atoms with Gasteiger partial charge in [-0.15, -0.1) is 0 Å². The van der Waals surface area contributed by atoms with Crippen LogP contribution in [-0.2, 0) is 4.79 Å². The van der Waals surface area contributed by atoms with Crippen molar-refractivity contribution in [2.75, 3.05) is 32.1 Å². The highest BCUT2D eigenvalue weighted by atomic mass is 16.6. The molecule has 1 aromatic heterocycles. The van der Waals surface area contributed by atoms with Crippen LogP contribution in [0, 0.1) is 0 Å². The zero-order valence-electron chi connectivity index (χ0n) is 20.7. The molecule has 9 nitrogen and oxygen atoms in total. The monoisotopic (exact) mass is 497 g/mol. The molecule has 5 rings (SSSR count). The molecule has 0 radical (unpaired) electrons. The van der Waals surface area contributed by atoms with Crippen LogP contribution in [0.5, 0.6) is 11.5 Å². The number of ether oxygens (including phenoxy) is 2. The van der Waals surface area contributed by atoms with Gasteiger partial charge >= 0.3 is 6.09 Å². The summed E-state index contributed by atoms with van der Waals surface area (Å²) in [4.78, 5) is 37.1. The van der Waals surface area contributed by atoms with E-state index in [1.54, 1.807) is 21.9 Å². The lowest BCUT2D eigenvalue weighted by Crippen LogP contribution is -2.55. The first-order chi connectivity index (χ1) is 18.0. The van der Waals surface area contributed by atoms with Gasteiger partial charge in [0, 0.05) is 42.8 Å². The normalized spacial score (nSPS) is 15.5. The number of anilines is 2. The van der Waals surface area contributed by atoms with E-state index in [4.69, 9.17) is 9.47 Å². The fourth-order valence-corrected chi connectivity index (χ4v) is 4.52. The van der Waals surface area contributed by atoms with E-state index in [1.807, 2.05) is 37.3 Å². The Labute approximate surface area is 214 Å². The van der Waals surface area contributed by atoms with Crippen molar-refractivity contribution >= 4 is 45.2 Å². The Kier molecular flexibility index (Phi) is 6.59. The zero-order chi connectivity index (χ0) is 25.9. The average Bonchev–Trinajstić information content (AvgIpc) is 2.92. The number of carbonyl (C=O) groups excluding carboxylic acids is 2. The molecule has 0 bridgehead atoms. The highest BCUT2D eigenvalue weighted by molar-refractivity contribution is 5.95. The molecule has 2 amide bonds. The summed E-state index contributed by atoms with van der Waals surface area (Å²) >= 11 is 0. The summed E-state index contributed by atoms with van der Waals surface area (Å²) in [6, 6.07) is 17.4. The number of fused-ring (bicyclic) bond motifs is 2. The van der Waals surface area contributed by atoms with Crippen molar-refractivity contribution < 1.29 is 19.1 Å². The molecule has 0 aliphatic carbocycles. The Hall–Kier alpha value is -4.66. The summed E-state index contributed by atoms with van der Waals surface area (Å²) in [5, 5.41) is 6.28. The molecule has 3 aromatic carbocycles. The van der Waals surface area contributed by atoms with Crippen molar-refractivity contribution in [2.24, 2.45) is 0 Å². The van der Waals surface area contributed by atoms with Gasteiger partial charge in [-0.2, -0.15) is 0 Å². The van der Waals surface area contributed by atoms with E-state index in [1.165, 1.54) is 19.5 Å². The summed E-state index contributed by atoms with van der Waals surface area (Å²) in [5.74, 6) is 1.06. The highest BCUT2D eigenvalue weighted by Crippen LogP contribution is 2.35. The molecule has 188 valence electrons. The number of hydrogen-bond acceptors (Lipinski definition) is 7. The number of carbonyl (C=O) groups is 2. The standard InChI is InChI=1S/C28H27N5O4/c1-4-26(34)32-11-12-33(18(2)16-32)28(35)37-25-14-22-23(15-24(25)36-3)29-17-30-27(22)31-21-10-9-19-7-5-6-8-20(19)13-21/h4-10,13-15,17-18H,1,11-12,16H2,2-3H3,(H,29,30,31)/t18-/m1/s1. The summed E-state index contributed by atoms with van der Waals surface area (Å²) < 4.78 is 11.3. The molecule has 37 heavy (non-hydrogen) atoms. The molecule has 0 spiro atoms. The molecule has 9 heteroatoms. The van der Waals surface area contributed by atoms with Crippen LogP contribution in [0.3, 0.4) is 0 Å². The van der Waals surface area contributed by atoms with Crippen molar-refractivity contribution in [1.29, 1.82) is 0 Å². The quantitative estimate of drug-likeness (QED) is 0.397. The van der Waals surface area contributed by atoms with E-state index >= 15 is 0 Å². The molecule has 1 atom stereocenters. The van der Waals surface area contributed by atoms with Gasteiger partial charge in [-0.05, 0) is 42.0 Å². The fourth-order valence-electron chi connectivity index (χ4n) is 4.52. The molecule has 4 aromatic rings. The van der Waals surface area contributed by atoms with Gasteiger partial charge in [-0.3, -0.25) is 4.79 Å². The summed E-state index contributed by atoms with van der Waals surface area (Å²) in [6.07, 6.45) is 2.24. The lowest BCUT2D eigenvalue weighted by Gasteiger charge is -2.38. The number of aromatic nitrogens is 2. The third-order valence-electron chi connectivity index (χ3n) is 6.48.